The van der Waals surface area contributed by atoms with Crippen LogP contribution in [0.15, 0.2) is 53.7 Å². The van der Waals surface area contributed by atoms with Crippen LogP contribution < -0.4 is 10.2 Å². The number of pyridine rings is 2. The van der Waals surface area contributed by atoms with Crippen LogP contribution in [-0.4, -0.2) is 59.0 Å². The summed E-state index contributed by atoms with van der Waals surface area (Å²) < 4.78 is 14.5. The number of aliphatic imine (C=N–C) groups is 1. The van der Waals surface area contributed by atoms with Gasteiger partial charge >= 0.3 is 5.97 Å². The van der Waals surface area contributed by atoms with Gasteiger partial charge in [0.25, 0.3) is 0 Å². The molecule has 1 saturated heterocycles. The van der Waals surface area contributed by atoms with Gasteiger partial charge in [0.05, 0.1) is 40.9 Å². The van der Waals surface area contributed by atoms with Crippen molar-refractivity contribution in [3.63, 3.8) is 0 Å². The van der Waals surface area contributed by atoms with Crippen molar-refractivity contribution < 1.29 is 14.3 Å². The number of carboxylic acids is 1. The van der Waals surface area contributed by atoms with E-state index in [0.29, 0.717) is 59.2 Å². The van der Waals surface area contributed by atoms with Crippen molar-refractivity contribution in [2.75, 3.05) is 31.1 Å². The molecule has 5 rings (SSSR count). The molecule has 0 saturated carbocycles. The number of allylic oxidation sites excluding steroid dienone is 1. The minimum Gasteiger partial charge on any atom is -0.480 e. The highest BCUT2D eigenvalue weighted by atomic mass is 35.5. The Morgan fingerprint density at radius 3 is 2.94 bits per heavy atom. The van der Waals surface area contributed by atoms with Gasteiger partial charge in [0.2, 0.25) is 0 Å². The maximum Gasteiger partial charge on any atom is 0.322 e. The van der Waals surface area contributed by atoms with Gasteiger partial charge in [-0.05, 0) is 36.4 Å². The molecule has 2 N–H and O–H groups in total. The molecule has 0 bridgehead atoms. The average Bonchev–Trinajstić information content (AvgIpc) is 3.29. The van der Waals surface area contributed by atoms with Crippen LogP contribution in [0, 0.1) is 5.82 Å². The molecule has 4 heterocycles. The number of anilines is 1. The number of benzene rings is 1. The van der Waals surface area contributed by atoms with E-state index in [1.165, 1.54) is 12.1 Å². The van der Waals surface area contributed by atoms with Gasteiger partial charge in [-0.3, -0.25) is 14.8 Å². The zero-order chi connectivity index (χ0) is 22.2. The highest BCUT2D eigenvalue weighted by Crippen LogP contribution is 2.28. The second-order valence-corrected chi connectivity index (χ2v) is 8.09. The number of hydrogen-bond acceptors (Lipinski definition) is 6. The van der Waals surface area contributed by atoms with Gasteiger partial charge in [-0.15, -0.1) is 0 Å². The number of nitrogens with one attached hydrogen (secondary N) is 1. The first-order chi connectivity index (χ1) is 15.5. The Bertz CT molecular complexity index is 1290. The number of piperazine rings is 1. The number of carbonyl (C=O) groups is 1. The lowest BCUT2D eigenvalue weighted by Gasteiger charge is -2.33. The van der Waals surface area contributed by atoms with E-state index in [4.69, 9.17) is 16.6 Å². The highest BCUT2D eigenvalue weighted by Gasteiger charge is 2.25. The van der Waals surface area contributed by atoms with Crippen LogP contribution in [0.1, 0.15) is 11.3 Å². The molecule has 1 atom stereocenters. The summed E-state index contributed by atoms with van der Waals surface area (Å²) in [7, 11) is 0. The topological polar surface area (TPSA) is 90.7 Å². The van der Waals surface area contributed by atoms with Crippen molar-refractivity contribution in [3.05, 3.63) is 70.8 Å². The number of halogens is 2. The molecule has 2 aliphatic rings. The second kappa shape index (κ2) is 8.29. The van der Waals surface area contributed by atoms with Crippen molar-refractivity contribution in [1.29, 1.82) is 0 Å². The molecule has 1 aromatic carbocycles. The van der Waals surface area contributed by atoms with E-state index in [-0.39, 0.29) is 0 Å². The predicted molar refractivity (Wildman–Crippen MR) is 122 cm³/mol. The summed E-state index contributed by atoms with van der Waals surface area (Å²) in [4.78, 5) is 27.1. The number of aliphatic carboxylic acids is 1. The van der Waals surface area contributed by atoms with Gasteiger partial charge in [0, 0.05) is 35.8 Å². The first-order valence-electron chi connectivity index (χ1n) is 10.2. The normalized spacial score (nSPS) is 18.6. The Labute approximate surface area is 188 Å². The number of aromatic nitrogens is 2. The fraction of sp³-hybridized carbons (Fsp3) is 0.217. The van der Waals surface area contributed by atoms with Crippen molar-refractivity contribution >= 4 is 45.6 Å². The van der Waals surface area contributed by atoms with E-state index < -0.39 is 17.8 Å². The van der Waals surface area contributed by atoms with E-state index in [2.05, 4.69) is 15.3 Å². The second-order valence-electron chi connectivity index (χ2n) is 7.65. The van der Waals surface area contributed by atoms with Gasteiger partial charge in [-0.2, -0.15) is 0 Å². The quantitative estimate of drug-likeness (QED) is 0.633. The lowest BCUT2D eigenvalue weighted by Crippen LogP contribution is -2.54. The molecule has 0 radical (unpaired) electrons. The Morgan fingerprint density at radius 1 is 1.22 bits per heavy atom. The molecular weight excluding hydrogens is 433 g/mol. The molecule has 0 unspecified atom stereocenters. The standard InChI is InChI=1S/C23H19ClFN5O2/c24-13-1-2-17(25)16(9-13)22-15(5-6-27-22)18-3-4-19-20(29-18)10-14(11-28-19)30-8-7-26-21(12-30)23(31)32/h1-5,9-11,21,26H,6-8,12H2,(H,31,32)/t21-/m1/s1. The highest BCUT2D eigenvalue weighted by molar-refractivity contribution is 6.35. The third kappa shape index (κ3) is 3.83. The lowest BCUT2D eigenvalue weighted by molar-refractivity contribution is -0.139. The van der Waals surface area contributed by atoms with Crippen LogP contribution in [0.2, 0.25) is 5.02 Å². The number of carboxylic acid groups (broad SMARTS) is 1. The largest absolute Gasteiger partial charge is 0.480 e. The Kier molecular flexibility index (Phi) is 5.32. The van der Waals surface area contributed by atoms with E-state index in [0.717, 1.165) is 11.3 Å². The van der Waals surface area contributed by atoms with E-state index in [9.17, 15) is 14.3 Å². The molecule has 9 heteroatoms. The Morgan fingerprint density at radius 2 is 2.09 bits per heavy atom. The van der Waals surface area contributed by atoms with E-state index >= 15 is 0 Å². The number of fused-ring (bicyclic) bond motifs is 1. The first-order valence-corrected chi connectivity index (χ1v) is 10.6. The Balaban J connectivity index is 1.48. The molecular formula is C23H19ClFN5O2. The monoisotopic (exact) mass is 451 g/mol. The molecule has 2 aliphatic heterocycles. The molecule has 3 aromatic rings. The fourth-order valence-corrected chi connectivity index (χ4v) is 4.19. The number of hydrogen-bond donors (Lipinski definition) is 2. The van der Waals surface area contributed by atoms with Crippen LogP contribution in [0.25, 0.3) is 16.6 Å². The third-order valence-electron chi connectivity index (χ3n) is 5.62. The van der Waals surface area contributed by atoms with Crippen LogP contribution in [0.3, 0.4) is 0 Å². The van der Waals surface area contributed by atoms with Crippen LogP contribution >= 0.6 is 11.6 Å². The van der Waals surface area contributed by atoms with Crippen molar-refractivity contribution in [2.45, 2.75) is 6.04 Å². The summed E-state index contributed by atoms with van der Waals surface area (Å²) >= 11 is 6.08. The van der Waals surface area contributed by atoms with Crippen LogP contribution in [0.5, 0.6) is 0 Å². The molecule has 32 heavy (non-hydrogen) atoms. The molecule has 0 spiro atoms. The maximum atomic E-state index is 14.5. The minimum absolute atomic E-state index is 0.343. The molecule has 2 aromatic heterocycles. The van der Waals surface area contributed by atoms with Crippen LogP contribution in [-0.2, 0) is 4.79 Å². The molecule has 0 aliphatic carbocycles. The number of rotatable bonds is 4. The smallest absolute Gasteiger partial charge is 0.322 e. The van der Waals surface area contributed by atoms with Crippen molar-refractivity contribution in [2.24, 2.45) is 4.99 Å². The summed E-state index contributed by atoms with van der Waals surface area (Å²) in [6.45, 7) is 2.03. The van der Waals surface area contributed by atoms with Crippen LogP contribution in [0.4, 0.5) is 10.1 Å². The summed E-state index contributed by atoms with van der Waals surface area (Å²) in [5, 5.41) is 12.7. The van der Waals surface area contributed by atoms with Gasteiger partial charge < -0.3 is 15.3 Å². The van der Waals surface area contributed by atoms with E-state index in [1.54, 1.807) is 12.3 Å². The predicted octanol–water partition coefficient (Wildman–Crippen LogP) is 3.17. The van der Waals surface area contributed by atoms with Crippen molar-refractivity contribution in [3.8, 4) is 0 Å². The molecule has 7 nitrogen and oxygen atoms in total. The maximum absolute atomic E-state index is 14.5. The first kappa shape index (κ1) is 20.5. The molecule has 0 amide bonds. The summed E-state index contributed by atoms with van der Waals surface area (Å²) in [5.41, 5.74) is 4.47. The van der Waals surface area contributed by atoms with Gasteiger partial charge in [0.15, 0.2) is 0 Å². The summed E-state index contributed by atoms with van der Waals surface area (Å²) in [6, 6.07) is 9.39. The zero-order valence-electron chi connectivity index (χ0n) is 16.9. The lowest BCUT2D eigenvalue weighted by atomic mass is 9.99. The zero-order valence-corrected chi connectivity index (χ0v) is 17.7. The van der Waals surface area contributed by atoms with Gasteiger partial charge in [-0.1, -0.05) is 17.7 Å². The summed E-state index contributed by atoms with van der Waals surface area (Å²) in [6.07, 6.45) is 3.64. The third-order valence-corrected chi connectivity index (χ3v) is 5.86. The Hall–Kier alpha value is -3.36. The molecule has 1 fully saturated rings. The van der Waals surface area contributed by atoms with E-state index in [1.807, 2.05) is 29.2 Å². The average molecular weight is 452 g/mol. The fourth-order valence-electron chi connectivity index (χ4n) is 4.01. The SMILES string of the molecule is O=C(O)[C@H]1CN(c2cnc3ccc(C4=CCN=C4c4cc(Cl)ccc4F)nc3c2)CCN1. The van der Waals surface area contributed by atoms with Crippen molar-refractivity contribution in [1.82, 2.24) is 15.3 Å². The number of nitrogens with zero attached hydrogens (tertiary/aromatic N) is 4. The summed E-state index contributed by atoms with van der Waals surface area (Å²) in [5.74, 6) is -1.27. The minimum atomic E-state index is -0.878. The van der Waals surface area contributed by atoms with Gasteiger partial charge in [0.1, 0.15) is 11.9 Å². The van der Waals surface area contributed by atoms with Gasteiger partial charge in [-0.25, -0.2) is 9.37 Å². The molecule has 162 valence electrons.